The molecule has 2 aromatic rings. The van der Waals surface area contributed by atoms with E-state index in [1.54, 1.807) is 0 Å². The van der Waals surface area contributed by atoms with Crippen LogP contribution in [0.4, 0.5) is 0 Å². The Morgan fingerprint density at radius 3 is 2.41 bits per heavy atom. The van der Waals surface area contributed by atoms with Gasteiger partial charge >= 0.3 is 0 Å². The highest BCUT2D eigenvalue weighted by Gasteiger charge is 2.32. The Morgan fingerprint density at radius 1 is 1.04 bits per heavy atom. The molecule has 2 aliphatic heterocycles. The smallest absolute Gasteiger partial charge is 0.255 e. The fraction of sp³-hybridized carbons (Fsp3) is 0.500. The van der Waals surface area contributed by atoms with Crippen LogP contribution in [0.5, 0.6) is 0 Å². The maximum absolute atomic E-state index is 13.2. The van der Waals surface area contributed by atoms with Crippen molar-refractivity contribution in [3.05, 3.63) is 52.8 Å². The number of carbonyl (C=O) groups is 1. The molecule has 1 aromatic carbocycles. The Bertz CT molecular complexity index is 828. The van der Waals surface area contributed by atoms with Crippen molar-refractivity contribution in [2.24, 2.45) is 5.92 Å². The van der Waals surface area contributed by atoms with E-state index < -0.39 is 0 Å². The predicted octanol–water partition coefficient (Wildman–Crippen LogP) is 3.63. The monoisotopic (exact) mass is 368 g/mol. The molecular formula is C22H28N2O3. The van der Waals surface area contributed by atoms with Crippen molar-refractivity contribution in [2.75, 3.05) is 26.3 Å². The van der Waals surface area contributed by atoms with E-state index in [1.807, 2.05) is 17.9 Å². The van der Waals surface area contributed by atoms with Gasteiger partial charge in [0.25, 0.3) is 5.91 Å². The average Bonchev–Trinajstić information content (AvgIpc) is 3.30. The van der Waals surface area contributed by atoms with E-state index in [9.17, 15) is 4.79 Å². The first-order valence-corrected chi connectivity index (χ1v) is 9.83. The fourth-order valence-electron chi connectivity index (χ4n) is 4.34. The Morgan fingerprint density at radius 2 is 1.74 bits per heavy atom. The van der Waals surface area contributed by atoms with Crippen molar-refractivity contribution >= 4 is 5.91 Å². The summed E-state index contributed by atoms with van der Waals surface area (Å²) in [6.45, 7) is 9.10. The molecule has 0 radical (unpaired) electrons. The zero-order valence-corrected chi connectivity index (χ0v) is 16.4. The number of carbonyl (C=O) groups excluding carboxylic acids is 1. The molecule has 0 saturated carbocycles. The second kappa shape index (κ2) is 7.49. The number of piperidine rings is 1. The van der Waals surface area contributed by atoms with E-state index in [4.69, 9.17) is 9.47 Å². The molecule has 4 rings (SSSR count). The Balaban J connectivity index is 1.50. The van der Waals surface area contributed by atoms with Gasteiger partial charge in [0.1, 0.15) is 0 Å². The highest BCUT2D eigenvalue weighted by atomic mass is 16.7. The summed E-state index contributed by atoms with van der Waals surface area (Å²) in [6.07, 6.45) is 1.80. The molecule has 2 aliphatic rings. The molecule has 5 heteroatoms. The number of ether oxygens (including phenoxy) is 2. The molecule has 2 saturated heterocycles. The van der Waals surface area contributed by atoms with Crippen LogP contribution >= 0.6 is 0 Å². The quantitative estimate of drug-likeness (QED) is 0.831. The van der Waals surface area contributed by atoms with Gasteiger partial charge in [0.05, 0.1) is 18.8 Å². The van der Waals surface area contributed by atoms with Crippen LogP contribution < -0.4 is 0 Å². The van der Waals surface area contributed by atoms with Gasteiger partial charge in [0.15, 0.2) is 6.29 Å². The molecule has 1 amide bonds. The number of likely N-dealkylation sites (tertiary alicyclic amines) is 1. The number of aryl methyl sites for hydroxylation is 2. The topological polar surface area (TPSA) is 43.7 Å². The molecule has 0 bridgehead atoms. The normalized spacial score (nSPS) is 19.0. The number of aromatic nitrogens is 1. The largest absolute Gasteiger partial charge is 0.350 e. The SMILES string of the molecule is Cc1cccc(-n2c(C)cc(C(=O)N3CCC(C4OCCO4)CC3)c2C)c1. The van der Waals surface area contributed by atoms with Crippen LogP contribution in [0.25, 0.3) is 5.69 Å². The summed E-state index contributed by atoms with van der Waals surface area (Å²) in [6, 6.07) is 10.4. The van der Waals surface area contributed by atoms with Crippen LogP contribution in [0.1, 0.15) is 40.2 Å². The van der Waals surface area contributed by atoms with Crippen LogP contribution in [-0.2, 0) is 9.47 Å². The van der Waals surface area contributed by atoms with Gasteiger partial charge in [-0.3, -0.25) is 4.79 Å². The number of benzene rings is 1. The highest BCUT2D eigenvalue weighted by molar-refractivity contribution is 5.96. The van der Waals surface area contributed by atoms with Crippen LogP contribution in [0.2, 0.25) is 0 Å². The Kier molecular flexibility index (Phi) is 5.06. The van der Waals surface area contributed by atoms with E-state index in [-0.39, 0.29) is 12.2 Å². The Hall–Kier alpha value is -2.11. The summed E-state index contributed by atoms with van der Waals surface area (Å²) < 4.78 is 13.5. The molecule has 1 aromatic heterocycles. The van der Waals surface area contributed by atoms with E-state index in [0.717, 1.165) is 48.6 Å². The first-order valence-electron chi connectivity index (χ1n) is 9.83. The second-order valence-electron chi connectivity index (χ2n) is 7.70. The van der Waals surface area contributed by atoms with Crippen molar-refractivity contribution < 1.29 is 14.3 Å². The lowest BCUT2D eigenvalue weighted by Gasteiger charge is -2.33. The van der Waals surface area contributed by atoms with Gasteiger partial charge in [-0.05, 0) is 57.4 Å². The van der Waals surface area contributed by atoms with E-state index in [1.165, 1.54) is 5.56 Å². The summed E-state index contributed by atoms with van der Waals surface area (Å²) >= 11 is 0. The zero-order valence-electron chi connectivity index (χ0n) is 16.4. The number of hydrogen-bond donors (Lipinski definition) is 0. The standard InChI is InChI=1S/C22H28N2O3/c1-15-5-4-6-19(13-15)24-16(2)14-20(17(24)3)21(25)23-9-7-18(8-10-23)22-26-11-12-27-22/h4-6,13-14,18,22H,7-12H2,1-3H3. The van der Waals surface area contributed by atoms with Crippen molar-refractivity contribution in [1.29, 1.82) is 0 Å². The van der Waals surface area contributed by atoms with Gasteiger partial charge in [0, 0.05) is 36.1 Å². The Labute approximate surface area is 160 Å². The van der Waals surface area contributed by atoms with Gasteiger partial charge in [-0.1, -0.05) is 12.1 Å². The molecule has 27 heavy (non-hydrogen) atoms. The molecule has 0 spiro atoms. The molecule has 0 aliphatic carbocycles. The molecule has 3 heterocycles. The van der Waals surface area contributed by atoms with Crippen LogP contribution in [-0.4, -0.2) is 48.0 Å². The summed E-state index contributed by atoms with van der Waals surface area (Å²) in [5.41, 5.74) is 5.22. The van der Waals surface area contributed by atoms with Gasteiger partial charge in [0.2, 0.25) is 0 Å². The first-order chi connectivity index (χ1) is 13.0. The summed E-state index contributed by atoms with van der Waals surface area (Å²) in [4.78, 5) is 15.1. The van der Waals surface area contributed by atoms with Gasteiger partial charge < -0.3 is 18.9 Å². The number of hydrogen-bond acceptors (Lipinski definition) is 3. The molecule has 0 atom stereocenters. The van der Waals surface area contributed by atoms with Gasteiger partial charge in [-0.15, -0.1) is 0 Å². The van der Waals surface area contributed by atoms with Crippen molar-refractivity contribution in [3.8, 4) is 5.69 Å². The maximum Gasteiger partial charge on any atom is 0.255 e. The lowest BCUT2D eigenvalue weighted by atomic mass is 9.95. The van der Waals surface area contributed by atoms with Crippen molar-refractivity contribution in [2.45, 2.75) is 39.9 Å². The zero-order chi connectivity index (χ0) is 19.0. The maximum atomic E-state index is 13.2. The fourth-order valence-corrected chi connectivity index (χ4v) is 4.34. The van der Waals surface area contributed by atoms with Gasteiger partial charge in [-0.25, -0.2) is 0 Å². The minimum absolute atomic E-state index is 0.0753. The molecule has 0 N–H and O–H groups in total. The number of nitrogens with zero attached hydrogens (tertiary/aromatic N) is 2. The lowest BCUT2D eigenvalue weighted by molar-refractivity contribution is -0.0956. The molecule has 0 unspecified atom stereocenters. The van der Waals surface area contributed by atoms with Gasteiger partial charge in [-0.2, -0.15) is 0 Å². The van der Waals surface area contributed by atoms with Crippen molar-refractivity contribution in [1.82, 2.24) is 9.47 Å². The summed E-state index contributed by atoms with van der Waals surface area (Å²) in [5.74, 6) is 0.532. The molecule has 144 valence electrons. The van der Waals surface area contributed by atoms with E-state index >= 15 is 0 Å². The van der Waals surface area contributed by atoms with Crippen LogP contribution in [0.3, 0.4) is 0 Å². The van der Waals surface area contributed by atoms with E-state index in [2.05, 4.69) is 42.7 Å². The highest BCUT2D eigenvalue weighted by Crippen LogP contribution is 2.28. The third-order valence-electron chi connectivity index (χ3n) is 5.78. The number of amides is 1. The molecular weight excluding hydrogens is 340 g/mol. The molecule has 5 nitrogen and oxygen atoms in total. The first kappa shape index (κ1) is 18.3. The van der Waals surface area contributed by atoms with Crippen molar-refractivity contribution in [3.63, 3.8) is 0 Å². The minimum Gasteiger partial charge on any atom is -0.350 e. The van der Waals surface area contributed by atoms with E-state index in [0.29, 0.717) is 19.1 Å². The second-order valence-corrected chi connectivity index (χ2v) is 7.70. The predicted molar refractivity (Wildman–Crippen MR) is 104 cm³/mol. The lowest BCUT2D eigenvalue weighted by Crippen LogP contribution is -2.41. The van der Waals surface area contributed by atoms with Crippen LogP contribution in [0, 0.1) is 26.7 Å². The third-order valence-corrected chi connectivity index (χ3v) is 5.78. The molecule has 2 fully saturated rings. The summed E-state index contributed by atoms with van der Waals surface area (Å²) in [7, 11) is 0. The summed E-state index contributed by atoms with van der Waals surface area (Å²) in [5, 5.41) is 0. The minimum atomic E-state index is -0.0753. The average molecular weight is 368 g/mol. The third kappa shape index (κ3) is 3.54. The number of rotatable bonds is 3. The van der Waals surface area contributed by atoms with Crippen LogP contribution in [0.15, 0.2) is 30.3 Å².